The fraction of sp³-hybridized carbons (Fsp3) is 0.636. The topological polar surface area (TPSA) is 62.6 Å². The molecule has 1 amide bonds. The molecule has 0 N–H and O–H groups in total. The average Bonchev–Trinajstić information content (AvgIpc) is 2.84. The van der Waals surface area contributed by atoms with Gasteiger partial charge in [-0.3, -0.25) is 4.90 Å². The molecule has 0 saturated carbocycles. The van der Waals surface area contributed by atoms with Crippen molar-refractivity contribution in [2.45, 2.75) is 77.6 Å². The van der Waals surface area contributed by atoms with Crippen LogP contribution in [0.2, 0.25) is 18.1 Å². The highest BCUT2D eigenvalue weighted by Gasteiger charge is 2.47. The number of carbonyl (C=O) groups excluding carboxylic acids is 1. The highest BCUT2D eigenvalue weighted by atomic mass is 79.9. The lowest BCUT2D eigenvalue weighted by atomic mass is 9.85. The lowest BCUT2D eigenvalue weighted by molar-refractivity contribution is 0.0575. The summed E-state index contributed by atoms with van der Waals surface area (Å²) >= 11 is 3.52. The first kappa shape index (κ1) is 23.9. The maximum atomic E-state index is 13.0. The van der Waals surface area contributed by atoms with Crippen LogP contribution in [0.1, 0.15) is 59.6 Å². The Balaban J connectivity index is 2.49. The van der Waals surface area contributed by atoms with Gasteiger partial charge < -0.3 is 9.16 Å². The Kier molecular flexibility index (Phi) is 6.36. The molecular weight excluding hydrogens is 448 g/mol. The quantitative estimate of drug-likeness (QED) is 0.472. The van der Waals surface area contributed by atoms with E-state index in [-0.39, 0.29) is 5.04 Å². The van der Waals surface area contributed by atoms with Crippen LogP contribution in [-0.2, 0) is 14.6 Å². The summed E-state index contributed by atoms with van der Waals surface area (Å²) in [5, 5.41) is 9.81. The van der Waals surface area contributed by atoms with Crippen LogP contribution in [0, 0.1) is 11.3 Å². The molecule has 0 saturated heterocycles. The molecule has 2 rings (SSSR count). The molecule has 0 radical (unpaired) electrons. The molecule has 160 valence electrons. The Morgan fingerprint density at radius 3 is 2.34 bits per heavy atom. The van der Waals surface area contributed by atoms with Crippen molar-refractivity contribution in [1.29, 1.82) is 5.26 Å². The monoisotopic (exact) mass is 480 g/mol. The Morgan fingerprint density at radius 2 is 1.86 bits per heavy atom. The summed E-state index contributed by atoms with van der Waals surface area (Å²) in [7, 11) is -1.98. The highest BCUT2D eigenvalue weighted by molar-refractivity contribution is 9.10. The minimum Gasteiger partial charge on any atom is -0.443 e. The van der Waals surface area contributed by atoms with E-state index in [0.29, 0.717) is 24.4 Å². The number of carbonyl (C=O) groups is 1. The van der Waals surface area contributed by atoms with Gasteiger partial charge in [-0.05, 0) is 56.6 Å². The maximum Gasteiger partial charge on any atom is 0.414 e. The molecule has 0 spiro atoms. The number of ether oxygens (including phenoxy) is 1. The lowest BCUT2D eigenvalue weighted by Crippen LogP contribution is -2.46. The molecule has 1 atom stereocenters. The van der Waals surface area contributed by atoms with Crippen molar-refractivity contribution in [3.63, 3.8) is 0 Å². The van der Waals surface area contributed by atoms with E-state index in [2.05, 4.69) is 62.8 Å². The SMILES string of the molecule is CC(C)(C)OC(=O)N1C[C@@](C)(CO[Si](C)(C)C(C)(C)C)c2cc(Br)cc(C#N)c21. The van der Waals surface area contributed by atoms with Crippen molar-refractivity contribution in [3.05, 3.63) is 27.7 Å². The minimum absolute atomic E-state index is 0.0880. The summed E-state index contributed by atoms with van der Waals surface area (Å²) in [6.45, 7) is 19.6. The van der Waals surface area contributed by atoms with E-state index in [1.54, 1.807) is 11.0 Å². The predicted octanol–water partition coefficient (Wildman–Crippen LogP) is 6.36. The Bertz CT molecular complexity index is 849. The maximum absolute atomic E-state index is 13.0. The largest absolute Gasteiger partial charge is 0.443 e. The number of anilines is 1. The summed E-state index contributed by atoms with van der Waals surface area (Å²) in [4.78, 5) is 14.6. The van der Waals surface area contributed by atoms with Crippen LogP contribution in [0.5, 0.6) is 0 Å². The molecule has 29 heavy (non-hydrogen) atoms. The van der Waals surface area contributed by atoms with Crippen LogP contribution >= 0.6 is 15.9 Å². The van der Waals surface area contributed by atoms with Crippen molar-refractivity contribution >= 4 is 36.0 Å². The van der Waals surface area contributed by atoms with Gasteiger partial charge in [-0.15, -0.1) is 0 Å². The normalized spacial score (nSPS) is 19.7. The van der Waals surface area contributed by atoms with E-state index < -0.39 is 25.4 Å². The molecule has 0 unspecified atom stereocenters. The van der Waals surface area contributed by atoms with Gasteiger partial charge in [-0.1, -0.05) is 43.6 Å². The second-order valence-electron chi connectivity index (χ2n) is 10.6. The Morgan fingerprint density at radius 1 is 1.28 bits per heavy atom. The van der Waals surface area contributed by atoms with Crippen molar-refractivity contribution < 1.29 is 14.0 Å². The first-order valence-electron chi connectivity index (χ1n) is 9.89. The summed E-state index contributed by atoms with van der Waals surface area (Å²) in [6, 6.07) is 5.98. The molecule has 5 nitrogen and oxygen atoms in total. The van der Waals surface area contributed by atoms with Crippen molar-refractivity contribution in [2.75, 3.05) is 18.1 Å². The second-order valence-corrected chi connectivity index (χ2v) is 16.4. The molecule has 1 aliphatic heterocycles. The molecule has 0 fully saturated rings. The van der Waals surface area contributed by atoms with Crippen LogP contribution in [0.25, 0.3) is 0 Å². The fourth-order valence-electron chi connectivity index (χ4n) is 3.10. The van der Waals surface area contributed by atoms with Crippen molar-refractivity contribution in [2.24, 2.45) is 0 Å². The molecule has 7 heteroatoms. The number of halogens is 1. The number of rotatable bonds is 3. The van der Waals surface area contributed by atoms with Crippen LogP contribution in [-0.4, -0.2) is 33.2 Å². The number of amides is 1. The van der Waals surface area contributed by atoms with Gasteiger partial charge in [0.25, 0.3) is 0 Å². The van der Waals surface area contributed by atoms with Crippen LogP contribution in [0.3, 0.4) is 0 Å². The fourth-order valence-corrected chi connectivity index (χ4v) is 4.67. The number of hydrogen-bond acceptors (Lipinski definition) is 4. The first-order chi connectivity index (χ1) is 13.0. The lowest BCUT2D eigenvalue weighted by Gasteiger charge is -2.39. The second kappa shape index (κ2) is 7.71. The molecule has 0 bridgehead atoms. The third-order valence-electron chi connectivity index (χ3n) is 5.79. The molecule has 1 aromatic carbocycles. The summed E-state index contributed by atoms with van der Waals surface area (Å²) in [5.41, 5.74) is 0.975. The molecule has 0 aromatic heterocycles. The zero-order valence-electron chi connectivity index (χ0n) is 19.1. The zero-order valence-corrected chi connectivity index (χ0v) is 21.7. The molecule has 1 aliphatic rings. The number of nitrogens with zero attached hydrogens (tertiary/aromatic N) is 2. The number of benzene rings is 1. The number of hydrogen-bond donors (Lipinski definition) is 0. The molecule has 1 heterocycles. The van der Waals surface area contributed by atoms with Crippen molar-refractivity contribution in [1.82, 2.24) is 0 Å². The summed E-state index contributed by atoms with van der Waals surface area (Å²) in [5.74, 6) is 0. The van der Waals surface area contributed by atoms with Gasteiger partial charge in [0.15, 0.2) is 8.32 Å². The van der Waals surface area contributed by atoms with Gasteiger partial charge in [0.2, 0.25) is 0 Å². The third kappa shape index (κ3) is 5.04. The highest BCUT2D eigenvalue weighted by Crippen LogP contribution is 2.46. The van der Waals surface area contributed by atoms with E-state index in [1.807, 2.05) is 26.8 Å². The van der Waals surface area contributed by atoms with E-state index in [9.17, 15) is 10.1 Å². The van der Waals surface area contributed by atoms with E-state index >= 15 is 0 Å². The van der Waals surface area contributed by atoms with Gasteiger partial charge in [0, 0.05) is 23.0 Å². The number of nitriles is 1. The average molecular weight is 482 g/mol. The van der Waals surface area contributed by atoms with Crippen molar-refractivity contribution in [3.8, 4) is 6.07 Å². The van der Waals surface area contributed by atoms with Crippen LogP contribution in [0.4, 0.5) is 10.5 Å². The Hall–Kier alpha value is -1.36. The van der Waals surface area contributed by atoms with Crippen LogP contribution in [0.15, 0.2) is 16.6 Å². The predicted molar refractivity (Wildman–Crippen MR) is 123 cm³/mol. The van der Waals surface area contributed by atoms with Gasteiger partial charge in [-0.25, -0.2) is 4.79 Å². The van der Waals surface area contributed by atoms with Gasteiger partial charge >= 0.3 is 6.09 Å². The van der Waals surface area contributed by atoms with Gasteiger partial charge in [0.05, 0.1) is 11.3 Å². The van der Waals surface area contributed by atoms with Gasteiger partial charge in [0.1, 0.15) is 11.7 Å². The smallest absolute Gasteiger partial charge is 0.414 e. The number of fused-ring (bicyclic) bond motifs is 1. The van der Waals surface area contributed by atoms with E-state index in [1.165, 1.54) is 0 Å². The van der Waals surface area contributed by atoms with E-state index in [0.717, 1.165) is 10.0 Å². The zero-order chi connectivity index (χ0) is 22.4. The van der Waals surface area contributed by atoms with Gasteiger partial charge in [-0.2, -0.15) is 5.26 Å². The molecule has 0 aliphatic carbocycles. The van der Waals surface area contributed by atoms with E-state index in [4.69, 9.17) is 9.16 Å². The summed E-state index contributed by atoms with van der Waals surface area (Å²) in [6.07, 6.45) is -0.436. The first-order valence-corrected chi connectivity index (χ1v) is 13.6. The standard InChI is InChI=1S/C22H33BrN2O3Si/c1-20(2,3)28-19(26)25-13-22(7,14-27-29(8,9)21(4,5)6)17-11-16(23)10-15(12-24)18(17)25/h10-11H,13-14H2,1-9H3/t22-/m0/s1. The Labute approximate surface area is 184 Å². The minimum atomic E-state index is -1.98. The molecular formula is C22H33BrN2O3Si. The van der Waals surface area contributed by atoms with Crippen LogP contribution < -0.4 is 4.90 Å². The molecule has 1 aromatic rings. The summed E-state index contributed by atoms with van der Waals surface area (Å²) < 4.78 is 13.0. The third-order valence-corrected chi connectivity index (χ3v) is 10.7.